The van der Waals surface area contributed by atoms with Gasteiger partial charge in [0.25, 0.3) is 0 Å². The number of hydrogen-bond donors (Lipinski definition) is 1. The fraction of sp³-hybridized carbons (Fsp3) is 0.333. The molecule has 0 spiro atoms. The Bertz CT molecular complexity index is 438. The van der Waals surface area contributed by atoms with Gasteiger partial charge in [0.05, 0.1) is 17.7 Å². The standard InChI is InChI=1S/C12H15N3O/c1-15(2)12(16)11(14)7-9-3-5-10(8-13)6-4-9/h3-6,11H,7,14H2,1-2H3/t11-/m0/s1/i1D,2D. The Hall–Kier alpha value is -1.86. The Morgan fingerprint density at radius 2 is 2.19 bits per heavy atom. The van der Waals surface area contributed by atoms with Gasteiger partial charge in [-0.15, -0.1) is 0 Å². The highest BCUT2D eigenvalue weighted by Crippen LogP contribution is 2.06. The summed E-state index contributed by atoms with van der Waals surface area (Å²) in [6.45, 7) is 0. The zero-order valence-electron chi connectivity index (χ0n) is 10.9. The molecule has 16 heavy (non-hydrogen) atoms. The first kappa shape index (κ1) is 9.37. The number of nitrogens with two attached hydrogens (primary N) is 1. The van der Waals surface area contributed by atoms with Crippen LogP contribution in [0.2, 0.25) is 0 Å². The molecule has 0 aliphatic heterocycles. The topological polar surface area (TPSA) is 70.1 Å². The molecule has 84 valence electrons. The molecule has 0 radical (unpaired) electrons. The largest absolute Gasteiger partial charge is 0.347 e. The summed E-state index contributed by atoms with van der Waals surface area (Å²) in [4.78, 5) is 12.8. The first-order valence-electron chi connectivity index (χ1n) is 6.15. The van der Waals surface area contributed by atoms with Crippen molar-refractivity contribution in [2.24, 2.45) is 5.73 Å². The number of rotatable bonds is 3. The van der Waals surface area contributed by atoms with Crippen molar-refractivity contribution in [3.8, 4) is 6.07 Å². The first-order chi connectivity index (χ1) is 8.62. The van der Waals surface area contributed by atoms with Gasteiger partial charge in [0.1, 0.15) is 0 Å². The Kier molecular flexibility index (Phi) is 3.10. The van der Waals surface area contributed by atoms with E-state index in [1.165, 1.54) is 0 Å². The third-order valence-electron chi connectivity index (χ3n) is 2.17. The fourth-order valence-corrected chi connectivity index (χ4v) is 1.29. The summed E-state index contributed by atoms with van der Waals surface area (Å²) in [5.41, 5.74) is 7.15. The minimum absolute atomic E-state index is 0.261. The molecular weight excluding hydrogens is 202 g/mol. The molecule has 1 rings (SSSR count). The molecule has 0 heterocycles. The molecule has 4 heteroatoms. The highest BCUT2D eigenvalue weighted by atomic mass is 16.2. The SMILES string of the molecule is [2H]CN(C[2H])C(=O)[C@@H](N)Cc1ccc(C#N)cc1. The molecule has 1 aromatic rings. The summed E-state index contributed by atoms with van der Waals surface area (Å²) in [6.07, 6.45) is 0.334. The summed E-state index contributed by atoms with van der Waals surface area (Å²) in [7, 11) is -0.521. The second-order valence-electron chi connectivity index (χ2n) is 3.50. The third-order valence-corrected chi connectivity index (χ3v) is 2.17. The van der Waals surface area contributed by atoms with Crippen LogP contribution in [0.1, 0.15) is 13.9 Å². The van der Waals surface area contributed by atoms with Crippen LogP contribution in [-0.2, 0) is 11.2 Å². The van der Waals surface area contributed by atoms with Crippen LogP contribution in [-0.4, -0.2) is 30.9 Å². The smallest absolute Gasteiger partial charge is 0.239 e. The molecule has 2 N–H and O–H groups in total. The average molecular weight is 219 g/mol. The van der Waals surface area contributed by atoms with Gasteiger partial charge in [-0.25, -0.2) is 0 Å². The van der Waals surface area contributed by atoms with Crippen molar-refractivity contribution in [3.05, 3.63) is 35.4 Å². The van der Waals surface area contributed by atoms with E-state index in [0.717, 1.165) is 10.5 Å². The van der Waals surface area contributed by atoms with E-state index in [-0.39, 0.29) is 14.0 Å². The average Bonchev–Trinajstić information content (AvgIpc) is 2.40. The predicted octanol–water partition coefficient (Wildman–Crippen LogP) is 0.516. The van der Waals surface area contributed by atoms with Crippen molar-refractivity contribution >= 4 is 5.91 Å². The van der Waals surface area contributed by atoms with Gasteiger partial charge in [-0.3, -0.25) is 4.79 Å². The number of carbonyl (C=O) groups is 1. The zero-order chi connectivity index (χ0) is 13.5. The first-order valence-corrected chi connectivity index (χ1v) is 4.74. The number of carbonyl (C=O) groups excluding carboxylic acids is 1. The van der Waals surface area contributed by atoms with Crippen LogP contribution >= 0.6 is 0 Å². The van der Waals surface area contributed by atoms with Gasteiger partial charge in [-0.1, -0.05) is 12.1 Å². The van der Waals surface area contributed by atoms with Crippen LogP contribution < -0.4 is 5.73 Å². The number of benzene rings is 1. The quantitative estimate of drug-likeness (QED) is 0.805. The van der Waals surface area contributed by atoms with E-state index in [1.54, 1.807) is 24.3 Å². The maximum absolute atomic E-state index is 11.7. The van der Waals surface area contributed by atoms with E-state index >= 15 is 0 Å². The molecule has 0 saturated carbocycles. The van der Waals surface area contributed by atoms with Gasteiger partial charge in [-0.05, 0) is 24.1 Å². The molecule has 0 aliphatic carbocycles. The number of amides is 1. The van der Waals surface area contributed by atoms with E-state index in [2.05, 4.69) is 0 Å². The van der Waals surface area contributed by atoms with Crippen molar-refractivity contribution in [3.63, 3.8) is 0 Å². The lowest BCUT2D eigenvalue weighted by atomic mass is 10.0. The molecule has 0 unspecified atom stereocenters. The highest BCUT2D eigenvalue weighted by molar-refractivity contribution is 5.81. The predicted molar refractivity (Wildman–Crippen MR) is 61.5 cm³/mol. The minimum Gasteiger partial charge on any atom is -0.347 e. The molecule has 0 bridgehead atoms. The molecule has 0 saturated heterocycles. The lowest BCUT2D eigenvalue weighted by Gasteiger charge is -2.16. The van der Waals surface area contributed by atoms with E-state index < -0.39 is 11.9 Å². The highest BCUT2D eigenvalue weighted by Gasteiger charge is 2.15. The van der Waals surface area contributed by atoms with Gasteiger partial charge in [0.15, 0.2) is 0 Å². The summed E-state index contributed by atoms with van der Waals surface area (Å²) in [5.74, 6) is -0.399. The van der Waals surface area contributed by atoms with Gasteiger partial charge in [0, 0.05) is 16.8 Å². The Labute approximate surface area is 98.1 Å². The van der Waals surface area contributed by atoms with E-state index in [4.69, 9.17) is 13.7 Å². The number of hydrogen-bond acceptors (Lipinski definition) is 3. The van der Waals surface area contributed by atoms with Crippen LogP contribution in [0.5, 0.6) is 0 Å². The van der Waals surface area contributed by atoms with Crippen LogP contribution in [0.3, 0.4) is 0 Å². The zero-order valence-corrected chi connectivity index (χ0v) is 8.89. The molecular formula is C12H15N3O. The molecule has 0 aromatic heterocycles. The summed E-state index contributed by atoms with van der Waals surface area (Å²) in [5, 5.41) is 8.66. The molecule has 4 nitrogen and oxygen atoms in total. The third kappa shape index (κ3) is 3.07. The van der Waals surface area contributed by atoms with Crippen molar-refractivity contribution in [1.29, 1.82) is 5.26 Å². The summed E-state index contributed by atoms with van der Waals surface area (Å²) in [6, 6.07) is 8.08. The summed E-state index contributed by atoms with van der Waals surface area (Å²) < 4.78 is 14.2. The number of nitrogens with zero attached hydrogens (tertiary/aromatic N) is 2. The molecule has 1 aromatic carbocycles. The minimum atomic E-state index is -0.756. The number of nitriles is 1. The second kappa shape index (κ2) is 5.29. The Balaban J connectivity index is 2.66. The van der Waals surface area contributed by atoms with Crippen LogP contribution in [0.25, 0.3) is 0 Å². The van der Waals surface area contributed by atoms with Crippen molar-refractivity contribution in [2.45, 2.75) is 12.5 Å². The lowest BCUT2D eigenvalue weighted by Crippen LogP contribution is -2.41. The van der Waals surface area contributed by atoms with Gasteiger partial charge >= 0.3 is 0 Å². The normalized spacial score (nSPS) is 13.2. The van der Waals surface area contributed by atoms with Crippen molar-refractivity contribution in [1.82, 2.24) is 4.90 Å². The Morgan fingerprint density at radius 3 is 2.69 bits per heavy atom. The molecule has 1 amide bonds. The van der Waals surface area contributed by atoms with Crippen LogP contribution in [0, 0.1) is 11.3 Å². The van der Waals surface area contributed by atoms with E-state index in [0.29, 0.717) is 12.0 Å². The second-order valence-corrected chi connectivity index (χ2v) is 3.50. The van der Waals surface area contributed by atoms with Gasteiger partial charge in [-0.2, -0.15) is 5.26 Å². The number of likely N-dealkylation sites (N-methyl/N-ethyl adjacent to an activating group) is 1. The Morgan fingerprint density at radius 1 is 1.56 bits per heavy atom. The fourth-order valence-electron chi connectivity index (χ4n) is 1.29. The molecule has 1 atom stereocenters. The van der Waals surface area contributed by atoms with Gasteiger partial charge in [0.2, 0.25) is 5.91 Å². The van der Waals surface area contributed by atoms with E-state index in [9.17, 15) is 4.79 Å². The monoisotopic (exact) mass is 219 g/mol. The molecule has 0 aliphatic rings. The van der Waals surface area contributed by atoms with Crippen LogP contribution in [0.15, 0.2) is 24.3 Å². The van der Waals surface area contributed by atoms with Crippen molar-refractivity contribution in [2.75, 3.05) is 14.0 Å². The molecule has 0 fully saturated rings. The maximum atomic E-state index is 11.7. The van der Waals surface area contributed by atoms with Gasteiger partial charge < -0.3 is 10.6 Å². The van der Waals surface area contributed by atoms with Crippen molar-refractivity contribution < 1.29 is 7.54 Å². The maximum Gasteiger partial charge on any atom is 0.239 e. The summed E-state index contributed by atoms with van der Waals surface area (Å²) >= 11 is 0. The van der Waals surface area contributed by atoms with Crippen LogP contribution in [0.4, 0.5) is 0 Å². The lowest BCUT2D eigenvalue weighted by molar-refractivity contribution is -0.130. The van der Waals surface area contributed by atoms with E-state index in [1.807, 2.05) is 6.07 Å².